The summed E-state index contributed by atoms with van der Waals surface area (Å²) in [6, 6.07) is 3.31. The van der Waals surface area contributed by atoms with Gasteiger partial charge in [0.05, 0.1) is 12.0 Å². The number of methoxy groups -OCH3 is 1. The number of allylic oxidation sites excluding steroid dienone is 2. The van der Waals surface area contributed by atoms with Crippen molar-refractivity contribution in [2.45, 2.75) is 18.2 Å². The van der Waals surface area contributed by atoms with Crippen molar-refractivity contribution in [3.63, 3.8) is 0 Å². The maximum absolute atomic E-state index is 13.6. The first-order valence-electron chi connectivity index (χ1n) is 4.52. The molecule has 0 spiro atoms. The molecular formula is C11H13FO2S. The maximum atomic E-state index is 13.6. The van der Waals surface area contributed by atoms with Gasteiger partial charge in [0.1, 0.15) is 0 Å². The van der Waals surface area contributed by atoms with E-state index in [4.69, 9.17) is 9.29 Å². The highest BCUT2D eigenvalue weighted by Gasteiger charge is 2.13. The van der Waals surface area contributed by atoms with Gasteiger partial charge in [0.25, 0.3) is 0 Å². The lowest BCUT2D eigenvalue weighted by molar-refractivity contribution is 0.380. The van der Waals surface area contributed by atoms with Crippen LogP contribution in [-0.2, 0) is 6.42 Å². The Balaban J connectivity index is 3.12. The van der Waals surface area contributed by atoms with Crippen LogP contribution >= 0.6 is 12.0 Å². The number of rotatable bonds is 4. The molecule has 0 saturated heterocycles. The molecule has 0 saturated carbocycles. The summed E-state index contributed by atoms with van der Waals surface area (Å²) in [6.45, 7) is 1.89. The molecule has 0 amide bonds. The second-order valence-electron chi connectivity index (χ2n) is 2.93. The molecule has 1 aromatic carbocycles. The molecule has 0 aliphatic rings. The predicted octanol–water partition coefficient (Wildman–Crippen LogP) is 3.52. The molecule has 0 bridgehead atoms. The average Bonchev–Trinajstić information content (AvgIpc) is 2.26. The third-order valence-electron chi connectivity index (χ3n) is 2.03. The standard InChI is InChI=1S/C11H13FO2S/c1-3-4-5-8-6-7-9(14-2)10(12)11(8)15-13/h3-4,6-7,13H,5H2,1-2H3/b4-3-. The molecule has 1 aromatic rings. The van der Waals surface area contributed by atoms with Gasteiger partial charge in [-0.25, -0.2) is 4.39 Å². The van der Waals surface area contributed by atoms with Crippen molar-refractivity contribution in [1.82, 2.24) is 0 Å². The number of hydrogen-bond acceptors (Lipinski definition) is 3. The zero-order valence-corrected chi connectivity index (χ0v) is 9.47. The summed E-state index contributed by atoms with van der Waals surface area (Å²) in [7, 11) is 1.40. The minimum Gasteiger partial charge on any atom is -0.494 e. The molecule has 0 heterocycles. The van der Waals surface area contributed by atoms with Crippen molar-refractivity contribution in [1.29, 1.82) is 0 Å². The van der Waals surface area contributed by atoms with Crippen LogP contribution in [0.3, 0.4) is 0 Å². The van der Waals surface area contributed by atoms with E-state index in [1.165, 1.54) is 7.11 Å². The second-order valence-corrected chi connectivity index (χ2v) is 3.53. The molecule has 15 heavy (non-hydrogen) atoms. The molecule has 1 N–H and O–H groups in total. The Hall–Kier alpha value is -1.00. The molecule has 4 heteroatoms. The van der Waals surface area contributed by atoms with E-state index < -0.39 is 5.82 Å². The van der Waals surface area contributed by atoms with E-state index in [1.807, 2.05) is 19.1 Å². The zero-order valence-electron chi connectivity index (χ0n) is 8.66. The quantitative estimate of drug-likeness (QED) is 0.631. The Morgan fingerprint density at radius 2 is 2.27 bits per heavy atom. The van der Waals surface area contributed by atoms with Crippen molar-refractivity contribution >= 4 is 12.0 Å². The molecular weight excluding hydrogens is 215 g/mol. The largest absolute Gasteiger partial charge is 0.494 e. The second kappa shape index (κ2) is 5.78. The summed E-state index contributed by atoms with van der Waals surface area (Å²) in [5.74, 6) is -0.359. The first kappa shape index (κ1) is 12.1. The van der Waals surface area contributed by atoms with E-state index in [1.54, 1.807) is 12.1 Å². The summed E-state index contributed by atoms with van der Waals surface area (Å²) in [5, 5.41) is 0. The summed E-state index contributed by atoms with van der Waals surface area (Å²) >= 11 is 0.413. The number of ether oxygens (including phenoxy) is 1. The summed E-state index contributed by atoms with van der Waals surface area (Å²) in [5.41, 5.74) is 0.749. The topological polar surface area (TPSA) is 29.5 Å². The van der Waals surface area contributed by atoms with Crippen molar-refractivity contribution in [2.24, 2.45) is 0 Å². The highest BCUT2D eigenvalue weighted by Crippen LogP contribution is 2.30. The summed E-state index contributed by atoms with van der Waals surface area (Å²) in [4.78, 5) is 0.229. The van der Waals surface area contributed by atoms with Crippen LogP contribution in [0, 0.1) is 5.82 Å². The molecule has 0 aromatic heterocycles. The van der Waals surface area contributed by atoms with Crippen LogP contribution in [0.25, 0.3) is 0 Å². The van der Waals surface area contributed by atoms with Crippen molar-refractivity contribution in [2.75, 3.05) is 7.11 Å². The van der Waals surface area contributed by atoms with Gasteiger partial charge in [-0.2, -0.15) is 0 Å². The van der Waals surface area contributed by atoms with E-state index in [0.717, 1.165) is 5.56 Å². The van der Waals surface area contributed by atoms with E-state index >= 15 is 0 Å². The number of halogens is 1. The van der Waals surface area contributed by atoms with Gasteiger partial charge in [0.15, 0.2) is 11.6 Å². The highest BCUT2D eigenvalue weighted by molar-refractivity contribution is 7.93. The highest BCUT2D eigenvalue weighted by atomic mass is 32.2. The Bertz CT molecular complexity index is 364. The van der Waals surface area contributed by atoms with Crippen LogP contribution < -0.4 is 4.74 Å². The Kier molecular flexibility index (Phi) is 4.65. The third kappa shape index (κ3) is 2.73. The van der Waals surface area contributed by atoms with E-state index in [2.05, 4.69) is 0 Å². The van der Waals surface area contributed by atoms with Gasteiger partial charge in [0, 0.05) is 12.0 Å². The lowest BCUT2D eigenvalue weighted by Crippen LogP contribution is -1.95. The lowest BCUT2D eigenvalue weighted by Gasteiger charge is -2.08. The normalized spacial score (nSPS) is 10.9. The van der Waals surface area contributed by atoms with Gasteiger partial charge in [-0.3, -0.25) is 0 Å². The first-order valence-corrected chi connectivity index (χ1v) is 5.29. The Morgan fingerprint density at radius 1 is 1.53 bits per heavy atom. The van der Waals surface area contributed by atoms with Crippen molar-refractivity contribution in [3.8, 4) is 5.75 Å². The van der Waals surface area contributed by atoms with Gasteiger partial charge in [-0.15, -0.1) is 0 Å². The summed E-state index contributed by atoms with van der Waals surface area (Å²) in [6.07, 6.45) is 4.38. The van der Waals surface area contributed by atoms with Crippen LogP contribution in [0.1, 0.15) is 12.5 Å². The maximum Gasteiger partial charge on any atom is 0.181 e. The van der Waals surface area contributed by atoms with Crippen LogP contribution in [0.15, 0.2) is 29.2 Å². The van der Waals surface area contributed by atoms with Gasteiger partial charge in [0.2, 0.25) is 0 Å². The third-order valence-corrected chi connectivity index (χ3v) is 2.65. The first-order chi connectivity index (χ1) is 7.24. The van der Waals surface area contributed by atoms with E-state index in [-0.39, 0.29) is 10.6 Å². The molecule has 0 unspecified atom stereocenters. The van der Waals surface area contributed by atoms with Gasteiger partial charge < -0.3 is 9.29 Å². The predicted molar refractivity (Wildman–Crippen MR) is 60.0 cm³/mol. The van der Waals surface area contributed by atoms with Gasteiger partial charge >= 0.3 is 0 Å². The molecule has 0 aliphatic carbocycles. The van der Waals surface area contributed by atoms with E-state index in [9.17, 15) is 4.39 Å². The monoisotopic (exact) mass is 228 g/mol. The minimum atomic E-state index is -0.507. The molecule has 0 fully saturated rings. The van der Waals surface area contributed by atoms with Crippen LogP contribution in [0.5, 0.6) is 5.75 Å². The molecule has 1 rings (SSSR count). The minimum absolute atomic E-state index is 0.149. The SMILES string of the molecule is C/C=C\Cc1ccc(OC)c(F)c1SO. The number of hydrogen-bond donors (Lipinski definition) is 1. The lowest BCUT2D eigenvalue weighted by atomic mass is 10.1. The molecule has 0 aliphatic heterocycles. The van der Waals surface area contributed by atoms with Crippen LogP contribution in [0.4, 0.5) is 4.39 Å². The van der Waals surface area contributed by atoms with E-state index in [0.29, 0.717) is 18.5 Å². The smallest absolute Gasteiger partial charge is 0.181 e. The zero-order chi connectivity index (χ0) is 11.3. The van der Waals surface area contributed by atoms with Crippen molar-refractivity contribution < 1.29 is 13.7 Å². The Labute approximate surface area is 93.0 Å². The van der Waals surface area contributed by atoms with Crippen molar-refractivity contribution in [3.05, 3.63) is 35.7 Å². The summed E-state index contributed by atoms with van der Waals surface area (Å²) < 4.78 is 27.5. The van der Waals surface area contributed by atoms with Crippen LogP contribution in [-0.4, -0.2) is 11.7 Å². The average molecular weight is 228 g/mol. The molecule has 82 valence electrons. The fourth-order valence-corrected chi connectivity index (χ4v) is 1.69. The molecule has 0 atom stereocenters. The fraction of sp³-hybridized carbons (Fsp3) is 0.273. The molecule has 2 nitrogen and oxygen atoms in total. The van der Waals surface area contributed by atoms with Crippen LogP contribution in [0.2, 0.25) is 0 Å². The van der Waals surface area contributed by atoms with Gasteiger partial charge in [-0.05, 0) is 25.0 Å². The number of benzene rings is 1. The fourth-order valence-electron chi connectivity index (χ4n) is 1.24. The Morgan fingerprint density at radius 3 is 2.80 bits per heavy atom. The van der Waals surface area contributed by atoms with Gasteiger partial charge in [-0.1, -0.05) is 18.2 Å². The molecule has 0 radical (unpaired) electrons.